The van der Waals surface area contributed by atoms with Crippen LogP contribution in [0.4, 0.5) is 4.39 Å². The zero-order chi connectivity index (χ0) is 18.6. The molecular formula is C18H22FN3O3. The molecule has 1 unspecified atom stereocenters. The van der Waals surface area contributed by atoms with Crippen LogP contribution in [0.1, 0.15) is 44.1 Å². The summed E-state index contributed by atoms with van der Waals surface area (Å²) in [5.74, 6) is -2.16. The summed E-state index contributed by atoms with van der Waals surface area (Å²) in [5, 5.41) is 15.8. The van der Waals surface area contributed by atoms with Crippen molar-refractivity contribution in [2.24, 2.45) is 5.41 Å². The first-order valence-electron chi connectivity index (χ1n) is 8.01. The summed E-state index contributed by atoms with van der Waals surface area (Å²) < 4.78 is 15.0. The number of rotatable bonds is 6. The van der Waals surface area contributed by atoms with Crippen LogP contribution in [-0.4, -0.2) is 32.8 Å². The third-order valence-corrected chi connectivity index (χ3v) is 3.71. The standard InChI is InChI=1S/C18H22FN3O3/c1-18(2,3)10-8-14(17(24)25)20-16(23)13-9-11-22(21-13)15-7-5-4-6-12(15)19/h4-7,9,11,14H,8,10H2,1-3H3,(H,20,23)(H,24,25). The summed E-state index contributed by atoms with van der Waals surface area (Å²) in [6, 6.07) is 6.47. The van der Waals surface area contributed by atoms with Gasteiger partial charge in [0.15, 0.2) is 5.69 Å². The van der Waals surface area contributed by atoms with Crippen LogP contribution in [-0.2, 0) is 4.79 Å². The van der Waals surface area contributed by atoms with Gasteiger partial charge in [0.25, 0.3) is 5.91 Å². The fourth-order valence-electron chi connectivity index (χ4n) is 2.28. The normalized spacial score (nSPS) is 12.6. The molecule has 0 spiro atoms. The van der Waals surface area contributed by atoms with E-state index in [4.69, 9.17) is 0 Å². The molecule has 0 bridgehead atoms. The molecule has 134 valence electrons. The second-order valence-electron chi connectivity index (χ2n) is 7.06. The van der Waals surface area contributed by atoms with Crippen LogP contribution in [0.25, 0.3) is 5.69 Å². The molecule has 0 radical (unpaired) electrons. The SMILES string of the molecule is CC(C)(C)CCC(NC(=O)c1ccn(-c2ccccc2F)n1)C(=O)O. The first-order chi connectivity index (χ1) is 11.7. The Bertz CT molecular complexity index is 765. The lowest BCUT2D eigenvalue weighted by molar-refractivity contribution is -0.139. The molecule has 25 heavy (non-hydrogen) atoms. The third-order valence-electron chi connectivity index (χ3n) is 3.71. The first-order valence-corrected chi connectivity index (χ1v) is 8.01. The molecule has 0 aliphatic rings. The summed E-state index contributed by atoms with van der Waals surface area (Å²) in [6.07, 6.45) is 2.42. The number of carbonyl (C=O) groups excluding carboxylic acids is 1. The highest BCUT2D eigenvalue weighted by atomic mass is 19.1. The number of hydrogen-bond donors (Lipinski definition) is 2. The van der Waals surface area contributed by atoms with Crippen molar-refractivity contribution in [3.63, 3.8) is 0 Å². The van der Waals surface area contributed by atoms with Gasteiger partial charge in [0.05, 0.1) is 0 Å². The molecule has 1 aromatic carbocycles. The van der Waals surface area contributed by atoms with E-state index in [0.717, 1.165) is 0 Å². The van der Waals surface area contributed by atoms with Crippen molar-refractivity contribution in [2.75, 3.05) is 0 Å². The van der Waals surface area contributed by atoms with Gasteiger partial charge < -0.3 is 10.4 Å². The van der Waals surface area contributed by atoms with E-state index in [1.807, 2.05) is 20.8 Å². The number of hydrogen-bond acceptors (Lipinski definition) is 3. The number of aromatic nitrogens is 2. The zero-order valence-corrected chi connectivity index (χ0v) is 14.5. The fraction of sp³-hybridized carbons (Fsp3) is 0.389. The number of carbonyl (C=O) groups is 2. The molecule has 2 aromatic rings. The lowest BCUT2D eigenvalue weighted by Gasteiger charge is -2.21. The minimum absolute atomic E-state index is 0.0326. The van der Waals surface area contributed by atoms with Gasteiger partial charge in [-0.1, -0.05) is 32.9 Å². The van der Waals surface area contributed by atoms with Gasteiger partial charge in [0.2, 0.25) is 0 Å². The number of carboxylic acid groups (broad SMARTS) is 1. The monoisotopic (exact) mass is 347 g/mol. The molecule has 1 aromatic heterocycles. The number of halogens is 1. The van der Waals surface area contributed by atoms with Crippen LogP contribution in [0.5, 0.6) is 0 Å². The molecule has 6 nitrogen and oxygen atoms in total. The molecular weight excluding hydrogens is 325 g/mol. The van der Waals surface area contributed by atoms with E-state index in [0.29, 0.717) is 12.8 Å². The molecule has 0 saturated heterocycles. The smallest absolute Gasteiger partial charge is 0.326 e. The minimum atomic E-state index is -1.09. The van der Waals surface area contributed by atoms with E-state index >= 15 is 0 Å². The Morgan fingerprint density at radius 2 is 1.96 bits per heavy atom. The number of carboxylic acids is 1. The predicted molar refractivity (Wildman–Crippen MR) is 91.1 cm³/mol. The number of aliphatic carboxylic acids is 1. The summed E-state index contributed by atoms with van der Waals surface area (Å²) >= 11 is 0. The summed E-state index contributed by atoms with van der Waals surface area (Å²) in [7, 11) is 0. The maximum absolute atomic E-state index is 13.8. The van der Waals surface area contributed by atoms with Gasteiger partial charge in [-0.15, -0.1) is 0 Å². The highest BCUT2D eigenvalue weighted by molar-refractivity contribution is 5.94. The van der Waals surface area contributed by atoms with Crippen molar-refractivity contribution >= 4 is 11.9 Å². The van der Waals surface area contributed by atoms with E-state index < -0.39 is 23.7 Å². The van der Waals surface area contributed by atoms with Gasteiger partial charge in [-0.2, -0.15) is 5.10 Å². The molecule has 0 aliphatic carbocycles. The van der Waals surface area contributed by atoms with Crippen LogP contribution < -0.4 is 5.32 Å². The van der Waals surface area contributed by atoms with Gasteiger partial charge in [-0.3, -0.25) is 4.79 Å². The van der Waals surface area contributed by atoms with Crippen molar-refractivity contribution in [2.45, 2.75) is 39.7 Å². The lowest BCUT2D eigenvalue weighted by atomic mass is 9.88. The highest BCUT2D eigenvalue weighted by Gasteiger charge is 2.24. The van der Waals surface area contributed by atoms with E-state index in [-0.39, 0.29) is 16.8 Å². The predicted octanol–water partition coefficient (Wildman–Crippen LogP) is 3.02. The average molecular weight is 347 g/mol. The quantitative estimate of drug-likeness (QED) is 0.841. The van der Waals surface area contributed by atoms with Crippen LogP contribution in [0, 0.1) is 11.2 Å². The Hall–Kier alpha value is -2.70. The van der Waals surface area contributed by atoms with Crippen molar-refractivity contribution in [3.8, 4) is 5.69 Å². The van der Waals surface area contributed by atoms with Crippen molar-refractivity contribution in [1.82, 2.24) is 15.1 Å². The Kier molecular flexibility index (Phi) is 5.56. The van der Waals surface area contributed by atoms with E-state index in [1.54, 1.807) is 12.1 Å². The average Bonchev–Trinajstić information content (AvgIpc) is 3.00. The Morgan fingerprint density at radius 1 is 1.28 bits per heavy atom. The van der Waals surface area contributed by atoms with Crippen molar-refractivity contribution < 1.29 is 19.1 Å². The largest absolute Gasteiger partial charge is 0.480 e. The fourth-order valence-corrected chi connectivity index (χ4v) is 2.28. The number of benzene rings is 1. The van der Waals surface area contributed by atoms with Gasteiger partial charge in [0.1, 0.15) is 17.5 Å². The Labute approximate surface area is 145 Å². The summed E-state index contributed by atoms with van der Waals surface area (Å²) in [4.78, 5) is 23.6. The molecule has 0 fully saturated rings. The molecule has 7 heteroatoms. The minimum Gasteiger partial charge on any atom is -0.480 e. The van der Waals surface area contributed by atoms with Crippen LogP contribution in [0.3, 0.4) is 0 Å². The second kappa shape index (κ2) is 7.46. The van der Waals surface area contributed by atoms with Gasteiger partial charge in [-0.25, -0.2) is 13.9 Å². The lowest BCUT2D eigenvalue weighted by Crippen LogP contribution is -2.41. The van der Waals surface area contributed by atoms with Crippen LogP contribution in [0.15, 0.2) is 36.5 Å². The van der Waals surface area contributed by atoms with E-state index in [1.165, 1.54) is 29.1 Å². The van der Waals surface area contributed by atoms with Crippen molar-refractivity contribution in [3.05, 3.63) is 48.0 Å². The summed E-state index contributed by atoms with van der Waals surface area (Å²) in [6.45, 7) is 6.01. The van der Waals surface area contributed by atoms with Gasteiger partial charge in [0, 0.05) is 6.20 Å². The Morgan fingerprint density at radius 3 is 2.56 bits per heavy atom. The van der Waals surface area contributed by atoms with Crippen LogP contribution >= 0.6 is 0 Å². The first kappa shape index (κ1) is 18.6. The topological polar surface area (TPSA) is 84.2 Å². The molecule has 1 atom stereocenters. The molecule has 1 heterocycles. The molecule has 0 aliphatic heterocycles. The Balaban J connectivity index is 2.10. The number of amides is 1. The van der Waals surface area contributed by atoms with Gasteiger partial charge >= 0.3 is 5.97 Å². The van der Waals surface area contributed by atoms with E-state index in [9.17, 15) is 19.1 Å². The number of nitrogens with one attached hydrogen (secondary N) is 1. The van der Waals surface area contributed by atoms with Crippen molar-refractivity contribution in [1.29, 1.82) is 0 Å². The zero-order valence-electron chi connectivity index (χ0n) is 14.5. The molecule has 2 N–H and O–H groups in total. The number of para-hydroxylation sites is 1. The van der Waals surface area contributed by atoms with E-state index in [2.05, 4.69) is 10.4 Å². The number of nitrogens with zero attached hydrogens (tertiary/aromatic N) is 2. The van der Waals surface area contributed by atoms with Crippen LogP contribution in [0.2, 0.25) is 0 Å². The summed E-state index contributed by atoms with van der Waals surface area (Å²) in [5.41, 5.74) is 0.208. The maximum Gasteiger partial charge on any atom is 0.326 e. The van der Waals surface area contributed by atoms with Gasteiger partial charge in [-0.05, 0) is 36.5 Å². The maximum atomic E-state index is 13.8. The molecule has 2 rings (SSSR count). The molecule has 0 saturated carbocycles. The third kappa shape index (κ3) is 5.14. The molecule has 1 amide bonds. The second-order valence-corrected chi connectivity index (χ2v) is 7.06. The highest BCUT2D eigenvalue weighted by Crippen LogP contribution is 2.21.